The van der Waals surface area contributed by atoms with Crippen LogP contribution in [0.2, 0.25) is 0 Å². The molecule has 0 spiro atoms. The van der Waals surface area contributed by atoms with Gasteiger partial charge in [0.1, 0.15) is 0 Å². The SMILES string of the molecule is Cc1cccc(-n2nnnc2C)c1. The molecule has 1 heterocycles. The molecule has 0 fully saturated rings. The third-order valence-electron chi connectivity index (χ3n) is 1.87. The van der Waals surface area contributed by atoms with Gasteiger partial charge in [-0.25, -0.2) is 0 Å². The Kier molecular flexibility index (Phi) is 1.81. The second kappa shape index (κ2) is 2.97. The molecule has 0 aliphatic rings. The molecule has 4 heteroatoms. The first-order valence-corrected chi connectivity index (χ1v) is 4.09. The average molecular weight is 174 g/mol. The highest BCUT2D eigenvalue weighted by Gasteiger charge is 2.01. The highest BCUT2D eigenvalue weighted by atomic mass is 15.5. The molecule has 4 nitrogen and oxygen atoms in total. The summed E-state index contributed by atoms with van der Waals surface area (Å²) in [6.07, 6.45) is 0. The van der Waals surface area contributed by atoms with Crippen molar-refractivity contribution in [3.8, 4) is 5.69 Å². The molecule has 0 aliphatic heterocycles. The molecule has 0 atom stereocenters. The van der Waals surface area contributed by atoms with Crippen LogP contribution in [0.1, 0.15) is 11.4 Å². The van der Waals surface area contributed by atoms with Crippen LogP contribution in [0, 0.1) is 13.8 Å². The standard InChI is InChI=1S/C9H10N4/c1-7-4-3-5-9(6-7)13-8(2)10-11-12-13/h3-6H,1-2H3. The molecular formula is C9H10N4. The summed E-state index contributed by atoms with van der Waals surface area (Å²) in [7, 11) is 0. The lowest BCUT2D eigenvalue weighted by Gasteiger charge is -2.01. The summed E-state index contributed by atoms with van der Waals surface area (Å²) in [6.45, 7) is 3.92. The Bertz CT molecular complexity index is 419. The van der Waals surface area contributed by atoms with Gasteiger partial charge in [-0.15, -0.1) is 5.10 Å². The summed E-state index contributed by atoms with van der Waals surface area (Å²) in [5.41, 5.74) is 2.20. The lowest BCUT2D eigenvalue weighted by atomic mass is 10.2. The minimum absolute atomic E-state index is 0.797. The highest BCUT2D eigenvalue weighted by Crippen LogP contribution is 2.08. The van der Waals surface area contributed by atoms with E-state index in [1.54, 1.807) is 4.68 Å². The summed E-state index contributed by atoms with van der Waals surface area (Å²) >= 11 is 0. The molecule has 0 bridgehead atoms. The molecule has 0 saturated heterocycles. The summed E-state index contributed by atoms with van der Waals surface area (Å²) < 4.78 is 1.72. The van der Waals surface area contributed by atoms with Crippen molar-refractivity contribution >= 4 is 0 Å². The number of aromatic nitrogens is 4. The summed E-state index contributed by atoms with van der Waals surface area (Å²) in [5.74, 6) is 0.797. The van der Waals surface area contributed by atoms with E-state index in [1.807, 2.05) is 38.1 Å². The van der Waals surface area contributed by atoms with Crippen molar-refractivity contribution < 1.29 is 0 Å². The van der Waals surface area contributed by atoms with E-state index in [9.17, 15) is 0 Å². The molecule has 1 aromatic heterocycles. The maximum atomic E-state index is 3.88. The van der Waals surface area contributed by atoms with Crippen molar-refractivity contribution in [2.24, 2.45) is 0 Å². The van der Waals surface area contributed by atoms with Gasteiger partial charge in [0.25, 0.3) is 0 Å². The molecule has 66 valence electrons. The molecule has 2 rings (SSSR count). The van der Waals surface area contributed by atoms with Crippen molar-refractivity contribution in [3.63, 3.8) is 0 Å². The zero-order chi connectivity index (χ0) is 9.26. The van der Waals surface area contributed by atoms with E-state index in [1.165, 1.54) is 5.56 Å². The van der Waals surface area contributed by atoms with Gasteiger partial charge in [0.2, 0.25) is 0 Å². The molecule has 0 radical (unpaired) electrons. The van der Waals surface area contributed by atoms with Crippen LogP contribution in [0.4, 0.5) is 0 Å². The minimum atomic E-state index is 0.797. The monoisotopic (exact) mass is 174 g/mol. The number of hydrogen-bond acceptors (Lipinski definition) is 3. The number of hydrogen-bond donors (Lipinski definition) is 0. The van der Waals surface area contributed by atoms with Crippen molar-refractivity contribution in [2.45, 2.75) is 13.8 Å². The predicted molar refractivity (Wildman–Crippen MR) is 48.6 cm³/mol. The zero-order valence-electron chi connectivity index (χ0n) is 7.60. The first-order chi connectivity index (χ1) is 6.27. The molecule has 13 heavy (non-hydrogen) atoms. The second-order valence-corrected chi connectivity index (χ2v) is 2.98. The quantitative estimate of drug-likeness (QED) is 0.654. The van der Waals surface area contributed by atoms with Crippen molar-refractivity contribution in [3.05, 3.63) is 35.7 Å². The van der Waals surface area contributed by atoms with Crippen molar-refractivity contribution in [1.29, 1.82) is 0 Å². The van der Waals surface area contributed by atoms with Gasteiger partial charge in [0.05, 0.1) is 5.69 Å². The van der Waals surface area contributed by atoms with E-state index in [2.05, 4.69) is 15.5 Å². The van der Waals surface area contributed by atoms with E-state index in [0.29, 0.717) is 0 Å². The number of rotatable bonds is 1. The fourth-order valence-electron chi connectivity index (χ4n) is 1.23. The topological polar surface area (TPSA) is 43.6 Å². The Morgan fingerprint density at radius 1 is 1.23 bits per heavy atom. The number of benzene rings is 1. The summed E-state index contributed by atoms with van der Waals surface area (Å²) in [5, 5.41) is 11.3. The van der Waals surface area contributed by atoms with E-state index in [-0.39, 0.29) is 0 Å². The van der Waals surface area contributed by atoms with Crippen LogP contribution in [-0.2, 0) is 0 Å². The zero-order valence-corrected chi connectivity index (χ0v) is 7.60. The molecular weight excluding hydrogens is 164 g/mol. The molecule has 2 aromatic rings. The predicted octanol–water partition coefficient (Wildman–Crippen LogP) is 1.28. The first-order valence-electron chi connectivity index (χ1n) is 4.09. The summed E-state index contributed by atoms with van der Waals surface area (Å²) in [4.78, 5) is 0. The van der Waals surface area contributed by atoms with Gasteiger partial charge in [-0.2, -0.15) is 4.68 Å². The number of nitrogens with zero attached hydrogens (tertiary/aromatic N) is 4. The Hall–Kier alpha value is -1.71. The van der Waals surface area contributed by atoms with E-state index in [0.717, 1.165) is 11.5 Å². The average Bonchev–Trinajstić information content (AvgIpc) is 2.51. The van der Waals surface area contributed by atoms with E-state index in [4.69, 9.17) is 0 Å². The Morgan fingerprint density at radius 2 is 2.08 bits per heavy atom. The van der Waals surface area contributed by atoms with Crippen LogP contribution < -0.4 is 0 Å². The Labute approximate surface area is 76.2 Å². The Balaban J connectivity index is 2.53. The minimum Gasteiger partial charge on any atom is -0.198 e. The van der Waals surface area contributed by atoms with Gasteiger partial charge >= 0.3 is 0 Å². The fraction of sp³-hybridized carbons (Fsp3) is 0.222. The fourth-order valence-corrected chi connectivity index (χ4v) is 1.23. The van der Waals surface area contributed by atoms with Gasteiger partial charge in [-0.3, -0.25) is 0 Å². The smallest absolute Gasteiger partial charge is 0.153 e. The molecule has 0 N–H and O–H groups in total. The van der Waals surface area contributed by atoms with Gasteiger partial charge in [-0.05, 0) is 42.0 Å². The van der Waals surface area contributed by atoms with Crippen LogP contribution in [-0.4, -0.2) is 20.2 Å². The van der Waals surface area contributed by atoms with Crippen LogP contribution in [0.5, 0.6) is 0 Å². The van der Waals surface area contributed by atoms with Crippen LogP contribution in [0.15, 0.2) is 24.3 Å². The van der Waals surface area contributed by atoms with Crippen molar-refractivity contribution in [2.75, 3.05) is 0 Å². The third-order valence-corrected chi connectivity index (χ3v) is 1.87. The molecule has 0 unspecified atom stereocenters. The van der Waals surface area contributed by atoms with Gasteiger partial charge in [0.15, 0.2) is 5.82 Å². The highest BCUT2D eigenvalue weighted by molar-refractivity contribution is 5.34. The van der Waals surface area contributed by atoms with Gasteiger partial charge in [0, 0.05) is 0 Å². The lowest BCUT2D eigenvalue weighted by molar-refractivity contribution is 0.779. The largest absolute Gasteiger partial charge is 0.198 e. The second-order valence-electron chi connectivity index (χ2n) is 2.98. The number of tetrazole rings is 1. The molecule has 0 amide bonds. The molecule has 1 aromatic carbocycles. The molecule has 0 aliphatic carbocycles. The van der Waals surface area contributed by atoms with Crippen LogP contribution >= 0.6 is 0 Å². The maximum Gasteiger partial charge on any atom is 0.153 e. The van der Waals surface area contributed by atoms with Gasteiger partial charge < -0.3 is 0 Å². The van der Waals surface area contributed by atoms with E-state index < -0.39 is 0 Å². The van der Waals surface area contributed by atoms with Crippen LogP contribution in [0.25, 0.3) is 5.69 Å². The normalized spacial score (nSPS) is 10.3. The van der Waals surface area contributed by atoms with E-state index >= 15 is 0 Å². The van der Waals surface area contributed by atoms with Gasteiger partial charge in [-0.1, -0.05) is 12.1 Å². The van der Waals surface area contributed by atoms with Crippen molar-refractivity contribution in [1.82, 2.24) is 20.2 Å². The van der Waals surface area contributed by atoms with Crippen LogP contribution in [0.3, 0.4) is 0 Å². The number of aryl methyl sites for hydroxylation is 2. The lowest BCUT2D eigenvalue weighted by Crippen LogP contribution is -1.99. The third kappa shape index (κ3) is 1.42. The Morgan fingerprint density at radius 3 is 2.69 bits per heavy atom. The first kappa shape index (κ1) is 7.91. The molecule has 0 saturated carbocycles. The summed E-state index contributed by atoms with van der Waals surface area (Å²) in [6, 6.07) is 8.06. The maximum absolute atomic E-state index is 3.88.